The lowest BCUT2D eigenvalue weighted by molar-refractivity contribution is -0.158. The maximum Gasteiger partial charge on any atom is 0.408 e. The Morgan fingerprint density at radius 1 is 1.08 bits per heavy atom. The standard InChI is InChI=1S/C25H22F3N7O2/c1-14-5-4-6-20-23(14)35(24(37)34(20)13-22(36)32-15(2)25(26,27)28)16-7-8-19(30-9-16)17-10-29-12-21-18(17)11-31-33(21)3/h4-12,15H,13H2,1-3H3,(H,32,36). The highest BCUT2D eigenvalue weighted by Gasteiger charge is 2.37. The van der Waals surface area contributed by atoms with Crippen molar-refractivity contribution in [2.75, 3.05) is 0 Å². The molecule has 0 fully saturated rings. The minimum absolute atomic E-state index is 0.424. The molecule has 0 aliphatic heterocycles. The first-order valence-electron chi connectivity index (χ1n) is 11.4. The molecular formula is C25H22F3N7O2. The zero-order valence-electron chi connectivity index (χ0n) is 20.1. The quantitative estimate of drug-likeness (QED) is 0.391. The number of benzene rings is 1. The number of alkyl halides is 3. The second-order valence-corrected chi connectivity index (χ2v) is 8.77. The summed E-state index contributed by atoms with van der Waals surface area (Å²) in [6, 6.07) is 6.62. The fourth-order valence-electron chi connectivity index (χ4n) is 4.32. The van der Waals surface area contributed by atoms with E-state index in [9.17, 15) is 22.8 Å². The molecule has 1 N–H and O–H groups in total. The van der Waals surface area contributed by atoms with Crippen molar-refractivity contribution < 1.29 is 18.0 Å². The van der Waals surface area contributed by atoms with Crippen molar-refractivity contribution in [3.05, 3.63) is 71.2 Å². The highest BCUT2D eigenvalue weighted by molar-refractivity contribution is 5.92. The minimum atomic E-state index is -4.59. The van der Waals surface area contributed by atoms with Crippen LogP contribution in [0.25, 0.3) is 38.9 Å². The lowest BCUT2D eigenvalue weighted by atomic mass is 10.1. The number of amides is 1. The molecule has 0 radical (unpaired) electrons. The summed E-state index contributed by atoms with van der Waals surface area (Å²) in [6.45, 7) is 2.10. The zero-order chi connectivity index (χ0) is 26.5. The Hall–Kier alpha value is -4.48. The summed E-state index contributed by atoms with van der Waals surface area (Å²) in [5.41, 5.74) is 3.85. The number of fused-ring (bicyclic) bond motifs is 2. The number of para-hydroxylation sites is 1. The number of halogens is 3. The maximum atomic E-state index is 13.5. The van der Waals surface area contributed by atoms with Gasteiger partial charge in [0.15, 0.2) is 0 Å². The first-order chi connectivity index (χ1) is 17.6. The minimum Gasteiger partial charge on any atom is -0.343 e. The van der Waals surface area contributed by atoms with Gasteiger partial charge in [0.05, 0.1) is 46.5 Å². The number of aryl methyl sites for hydroxylation is 2. The van der Waals surface area contributed by atoms with E-state index < -0.39 is 30.4 Å². The predicted octanol–water partition coefficient (Wildman–Crippen LogP) is 3.51. The number of carbonyl (C=O) groups excluding carboxylic acids is 1. The smallest absolute Gasteiger partial charge is 0.343 e. The molecule has 12 heteroatoms. The SMILES string of the molecule is Cc1cccc2c1n(-c1ccc(-c3cncc4c3cnn4C)nc1)c(=O)n2CC(=O)NC(C)C(F)(F)F. The third-order valence-corrected chi connectivity index (χ3v) is 6.28. The van der Waals surface area contributed by atoms with Gasteiger partial charge in [-0.05, 0) is 37.6 Å². The molecule has 1 aromatic carbocycles. The molecule has 1 unspecified atom stereocenters. The number of hydrogen-bond donors (Lipinski definition) is 1. The lowest BCUT2D eigenvalue weighted by Crippen LogP contribution is -2.45. The van der Waals surface area contributed by atoms with Gasteiger partial charge in [-0.15, -0.1) is 0 Å². The molecule has 5 rings (SSSR count). The highest BCUT2D eigenvalue weighted by Crippen LogP contribution is 2.27. The van der Waals surface area contributed by atoms with Gasteiger partial charge in [0.25, 0.3) is 0 Å². The Bertz CT molecular complexity index is 1700. The summed E-state index contributed by atoms with van der Waals surface area (Å²) in [5, 5.41) is 7.05. The van der Waals surface area contributed by atoms with Crippen molar-refractivity contribution in [2.45, 2.75) is 32.6 Å². The monoisotopic (exact) mass is 509 g/mol. The third kappa shape index (κ3) is 4.24. The van der Waals surface area contributed by atoms with E-state index in [1.54, 1.807) is 47.5 Å². The number of hydrogen-bond acceptors (Lipinski definition) is 5. The van der Waals surface area contributed by atoms with Crippen LogP contribution in [0, 0.1) is 6.92 Å². The average Bonchev–Trinajstić information content (AvgIpc) is 3.37. The Morgan fingerprint density at radius 3 is 2.57 bits per heavy atom. The summed E-state index contributed by atoms with van der Waals surface area (Å²) >= 11 is 0. The molecule has 37 heavy (non-hydrogen) atoms. The molecule has 1 amide bonds. The average molecular weight is 509 g/mol. The van der Waals surface area contributed by atoms with Crippen LogP contribution in [0.3, 0.4) is 0 Å². The number of carbonyl (C=O) groups is 1. The second kappa shape index (κ2) is 8.87. The first-order valence-corrected chi connectivity index (χ1v) is 11.4. The number of rotatable bonds is 5. The van der Waals surface area contributed by atoms with Crippen LogP contribution in [0.1, 0.15) is 12.5 Å². The van der Waals surface area contributed by atoms with Crippen LogP contribution >= 0.6 is 0 Å². The molecule has 0 saturated heterocycles. The van der Waals surface area contributed by atoms with E-state index in [2.05, 4.69) is 15.1 Å². The van der Waals surface area contributed by atoms with Crippen LogP contribution in [0.2, 0.25) is 0 Å². The molecule has 0 aliphatic rings. The molecule has 9 nitrogen and oxygen atoms in total. The maximum absolute atomic E-state index is 13.5. The van der Waals surface area contributed by atoms with Gasteiger partial charge in [-0.25, -0.2) is 4.79 Å². The Labute approximate surface area is 208 Å². The fourth-order valence-corrected chi connectivity index (χ4v) is 4.32. The summed E-state index contributed by atoms with van der Waals surface area (Å²) in [5.74, 6) is -0.919. The number of nitrogens with zero attached hydrogens (tertiary/aromatic N) is 6. The van der Waals surface area contributed by atoms with E-state index in [1.807, 2.05) is 25.4 Å². The molecule has 190 valence electrons. The van der Waals surface area contributed by atoms with Crippen molar-refractivity contribution >= 4 is 27.8 Å². The van der Waals surface area contributed by atoms with E-state index in [0.29, 0.717) is 22.4 Å². The zero-order valence-corrected chi connectivity index (χ0v) is 20.1. The summed E-state index contributed by atoms with van der Waals surface area (Å²) < 4.78 is 43.0. The molecule has 0 saturated carbocycles. The van der Waals surface area contributed by atoms with Gasteiger partial charge in [-0.1, -0.05) is 12.1 Å². The molecular weight excluding hydrogens is 487 g/mol. The van der Waals surface area contributed by atoms with Crippen LogP contribution in [0.15, 0.2) is 59.9 Å². The summed E-state index contributed by atoms with van der Waals surface area (Å²) in [6.07, 6.45) is 2.08. The van der Waals surface area contributed by atoms with E-state index in [4.69, 9.17) is 0 Å². The van der Waals surface area contributed by atoms with Gasteiger partial charge >= 0.3 is 11.9 Å². The number of pyridine rings is 2. The normalized spacial score (nSPS) is 12.8. The van der Waals surface area contributed by atoms with Gasteiger partial charge in [0.2, 0.25) is 5.91 Å². The van der Waals surface area contributed by atoms with Crippen LogP contribution in [0.5, 0.6) is 0 Å². The lowest BCUT2D eigenvalue weighted by Gasteiger charge is -2.17. The molecule has 4 aromatic heterocycles. The summed E-state index contributed by atoms with van der Waals surface area (Å²) in [7, 11) is 1.82. The van der Waals surface area contributed by atoms with E-state index in [-0.39, 0.29) is 0 Å². The van der Waals surface area contributed by atoms with Gasteiger partial charge in [-0.3, -0.25) is 28.6 Å². The first kappa shape index (κ1) is 24.2. The van der Waals surface area contributed by atoms with Crippen molar-refractivity contribution in [1.82, 2.24) is 34.2 Å². The predicted molar refractivity (Wildman–Crippen MR) is 131 cm³/mol. The largest absolute Gasteiger partial charge is 0.408 e. The number of imidazole rings is 1. The van der Waals surface area contributed by atoms with Gasteiger partial charge < -0.3 is 5.32 Å². The van der Waals surface area contributed by atoms with Gasteiger partial charge in [0.1, 0.15) is 12.6 Å². The molecule has 0 spiro atoms. The van der Waals surface area contributed by atoms with Crippen LogP contribution < -0.4 is 11.0 Å². The van der Waals surface area contributed by atoms with Crippen molar-refractivity contribution in [3.63, 3.8) is 0 Å². The van der Waals surface area contributed by atoms with Crippen molar-refractivity contribution in [1.29, 1.82) is 0 Å². The van der Waals surface area contributed by atoms with Gasteiger partial charge in [-0.2, -0.15) is 18.3 Å². The molecule has 5 aromatic rings. The topological polar surface area (TPSA) is 99.6 Å². The van der Waals surface area contributed by atoms with Crippen LogP contribution in [-0.2, 0) is 18.4 Å². The van der Waals surface area contributed by atoms with E-state index in [1.165, 1.54) is 10.8 Å². The van der Waals surface area contributed by atoms with Crippen molar-refractivity contribution in [2.24, 2.45) is 7.05 Å². The van der Waals surface area contributed by atoms with Gasteiger partial charge in [0, 0.05) is 24.2 Å². The second-order valence-electron chi connectivity index (χ2n) is 8.77. The summed E-state index contributed by atoms with van der Waals surface area (Å²) in [4.78, 5) is 34.7. The number of nitrogens with one attached hydrogen (secondary N) is 1. The van der Waals surface area contributed by atoms with Crippen molar-refractivity contribution in [3.8, 4) is 16.9 Å². The van der Waals surface area contributed by atoms with Crippen LogP contribution in [-0.4, -0.2) is 47.0 Å². The molecule has 0 bridgehead atoms. The Kier molecular flexibility index (Phi) is 5.81. The molecule has 1 atom stereocenters. The van der Waals surface area contributed by atoms with E-state index in [0.717, 1.165) is 33.5 Å². The third-order valence-electron chi connectivity index (χ3n) is 6.28. The van der Waals surface area contributed by atoms with Crippen LogP contribution in [0.4, 0.5) is 13.2 Å². The number of aromatic nitrogens is 6. The highest BCUT2D eigenvalue weighted by atomic mass is 19.4. The molecule has 4 heterocycles. The van der Waals surface area contributed by atoms with E-state index >= 15 is 0 Å². The Morgan fingerprint density at radius 2 is 1.86 bits per heavy atom. The molecule has 0 aliphatic carbocycles. The fraction of sp³-hybridized carbons (Fsp3) is 0.240. The Balaban J connectivity index is 1.56.